The molecule has 0 amide bonds. The molecule has 38 heavy (non-hydrogen) atoms. The largest absolute Gasteiger partial charge is 0.486 e. The van der Waals surface area contributed by atoms with Crippen LogP contribution < -0.4 is 19.9 Å². The molecule has 1 unspecified atom stereocenters. The lowest BCUT2D eigenvalue weighted by Gasteiger charge is -2.25. The SMILES string of the molecule is CC(C)CN(c1cccc(NC(C)c2cc3cc(Cl)c(OCc4ccccn4)cc3[nH]c2=O)c1)S(C)(=O)=O. The number of aromatic nitrogens is 2. The normalized spacial score (nSPS) is 12.5. The Bertz CT molecular complexity index is 1590. The van der Waals surface area contributed by atoms with Crippen LogP contribution in [0.25, 0.3) is 10.9 Å². The van der Waals surface area contributed by atoms with Gasteiger partial charge < -0.3 is 15.0 Å². The molecule has 10 heteroatoms. The minimum absolute atomic E-state index is 0.157. The fourth-order valence-corrected chi connectivity index (χ4v) is 5.43. The maximum absolute atomic E-state index is 13.0. The first-order chi connectivity index (χ1) is 18.0. The number of ether oxygens (including phenoxy) is 1. The third kappa shape index (κ3) is 6.65. The maximum atomic E-state index is 13.0. The lowest BCUT2D eigenvalue weighted by molar-refractivity contribution is 0.302. The summed E-state index contributed by atoms with van der Waals surface area (Å²) in [5.41, 5.74) is 2.90. The van der Waals surface area contributed by atoms with Crippen molar-refractivity contribution in [1.29, 1.82) is 0 Å². The summed E-state index contributed by atoms with van der Waals surface area (Å²) in [5.74, 6) is 0.609. The average Bonchev–Trinajstić information content (AvgIpc) is 2.86. The van der Waals surface area contributed by atoms with Gasteiger partial charge in [0.25, 0.3) is 5.56 Å². The number of anilines is 2. The Morgan fingerprint density at radius 2 is 1.87 bits per heavy atom. The van der Waals surface area contributed by atoms with Crippen LogP contribution in [0.2, 0.25) is 5.02 Å². The second-order valence-electron chi connectivity index (χ2n) is 9.64. The number of sulfonamides is 1. The van der Waals surface area contributed by atoms with Gasteiger partial charge in [-0.1, -0.05) is 37.6 Å². The van der Waals surface area contributed by atoms with E-state index in [0.29, 0.717) is 39.8 Å². The summed E-state index contributed by atoms with van der Waals surface area (Å²) in [4.78, 5) is 20.2. The van der Waals surface area contributed by atoms with Crippen molar-refractivity contribution in [2.24, 2.45) is 5.92 Å². The number of hydrogen-bond acceptors (Lipinski definition) is 6. The molecule has 8 nitrogen and oxygen atoms in total. The van der Waals surface area contributed by atoms with E-state index in [4.69, 9.17) is 16.3 Å². The lowest BCUT2D eigenvalue weighted by atomic mass is 10.1. The molecular formula is C28H31ClN4O4S. The Hall–Kier alpha value is -3.56. The molecule has 2 N–H and O–H groups in total. The quantitative estimate of drug-likeness (QED) is 0.258. The average molecular weight is 555 g/mol. The molecule has 200 valence electrons. The van der Waals surface area contributed by atoms with Crippen LogP contribution in [0.15, 0.2) is 71.7 Å². The Balaban J connectivity index is 1.57. The molecule has 4 rings (SSSR count). The molecule has 0 spiro atoms. The first kappa shape index (κ1) is 27.5. The van der Waals surface area contributed by atoms with Crippen molar-refractivity contribution in [3.05, 3.63) is 93.5 Å². The summed E-state index contributed by atoms with van der Waals surface area (Å²) in [7, 11) is -3.44. The molecule has 0 fully saturated rings. The Labute approximate surface area is 227 Å². The van der Waals surface area contributed by atoms with Crippen molar-refractivity contribution < 1.29 is 13.2 Å². The minimum Gasteiger partial charge on any atom is -0.486 e. The van der Waals surface area contributed by atoms with E-state index in [2.05, 4.69) is 15.3 Å². The van der Waals surface area contributed by atoms with Gasteiger partial charge in [-0.3, -0.25) is 14.1 Å². The van der Waals surface area contributed by atoms with Crippen LogP contribution >= 0.6 is 11.6 Å². The Kier molecular flexibility index (Phi) is 8.28. The van der Waals surface area contributed by atoms with Crippen molar-refractivity contribution in [1.82, 2.24) is 9.97 Å². The molecule has 0 aliphatic carbocycles. The van der Waals surface area contributed by atoms with Crippen molar-refractivity contribution in [3.63, 3.8) is 0 Å². The van der Waals surface area contributed by atoms with E-state index in [1.54, 1.807) is 42.6 Å². The number of aromatic amines is 1. The number of nitrogens with zero attached hydrogens (tertiary/aromatic N) is 2. The number of benzene rings is 2. The van der Waals surface area contributed by atoms with Crippen LogP contribution in [-0.2, 0) is 16.6 Å². The number of pyridine rings is 2. The van der Waals surface area contributed by atoms with E-state index in [1.807, 2.05) is 45.0 Å². The number of H-pyrrole nitrogens is 1. The van der Waals surface area contributed by atoms with Gasteiger partial charge in [0.15, 0.2) is 0 Å². The number of hydrogen-bond donors (Lipinski definition) is 2. The topological polar surface area (TPSA) is 104 Å². The van der Waals surface area contributed by atoms with Crippen LogP contribution in [0, 0.1) is 5.92 Å². The van der Waals surface area contributed by atoms with Crippen LogP contribution in [0.4, 0.5) is 11.4 Å². The van der Waals surface area contributed by atoms with Gasteiger partial charge in [0, 0.05) is 35.4 Å². The molecule has 0 aliphatic rings. The first-order valence-electron chi connectivity index (χ1n) is 12.2. The molecule has 2 heterocycles. The monoisotopic (exact) mass is 554 g/mol. The first-order valence-corrected chi connectivity index (χ1v) is 14.5. The van der Waals surface area contributed by atoms with Gasteiger partial charge in [0.2, 0.25) is 10.0 Å². The number of rotatable bonds is 10. The molecule has 0 saturated carbocycles. The summed E-state index contributed by atoms with van der Waals surface area (Å²) < 4.78 is 32.0. The highest BCUT2D eigenvalue weighted by Gasteiger charge is 2.20. The second kappa shape index (κ2) is 11.4. The summed E-state index contributed by atoms with van der Waals surface area (Å²) in [6.07, 6.45) is 2.89. The van der Waals surface area contributed by atoms with E-state index < -0.39 is 10.0 Å². The van der Waals surface area contributed by atoms with Gasteiger partial charge in [0.1, 0.15) is 12.4 Å². The third-order valence-electron chi connectivity index (χ3n) is 5.94. The minimum atomic E-state index is -3.44. The fourth-order valence-electron chi connectivity index (χ4n) is 4.13. The molecule has 0 radical (unpaired) electrons. The van der Waals surface area contributed by atoms with Crippen LogP contribution in [-0.4, -0.2) is 31.2 Å². The fraction of sp³-hybridized carbons (Fsp3) is 0.286. The number of nitrogens with one attached hydrogen (secondary N) is 2. The van der Waals surface area contributed by atoms with Crippen molar-refractivity contribution in [3.8, 4) is 5.75 Å². The van der Waals surface area contributed by atoms with E-state index in [1.165, 1.54) is 10.6 Å². The molecule has 0 aliphatic heterocycles. The van der Waals surface area contributed by atoms with Crippen LogP contribution in [0.3, 0.4) is 0 Å². The molecule has 2 aromatic heterocycles. The summed E-state index contributed by atoms with van der Waals surface area (Å²) in [5, 5.41) is 4.51. The highest BCUT2D eigenvalue weighted by molar-refractivity contribution is 7.92. The third-order valence-corrected chi connectivity index (χ3v) is 7.40. The highest BCUT2D eigenvalue weighted by Crippen LogP contribution is 2.31. The standard InChI is InChI=1S/C28H31ClN4O4S/c1-18(2)16-33(38(4,35)36)23-10-7-9-21(14-23)31-19(3)24-12-20-13-25(29)27(15-26(20)32-28(24)34)37-17-22-8-5-6-11-30-22/h5-15,18-19,31H,16-17H2,1-4H3,(H,32,34). The lowest BCUT2D eigenvalue weighted by Crippen LogP contribution is -2.33. The predicted octanol–water partition coefficient (Wildman–Crippen LogP) is 5.75. The van der Waals surface area contributed by atoms with E-state index >= 15 is 0 Å². The zero-order chi connectivity index (χ0) is 27.4. The molecule has 0 bridgehead atoms. The van der Waals surface area contributed by atoms with E-state index in [9.17, 15) is 13.2 Å². The number of fused-ring (bicyclic) bond motifs is 1. The summed E-state index contributed by atoms with van der Waals surface area (Å²) >= 11 is 6.48. The van der Waals surface area contributed by atoms with Crippen molar-refractivity contribution in [2.75, 3.05) is 22.4 Å². The van der Waals surface area contributed by atoms with Gasteiger partial charge in [-0.25, -0.2) is 8.42 Å². The molecule has 4 aromatic rings. The van der Waals surface area contributed by atoms with Crippen molar-refractivity contribution >= 4 is 43.9 Å². The van der Waals surface area contributed by atoms with E-state index in [0.717, 1.165) is 11.1 Å². The van der Waals surface area contributed by atoms with Gasteiger partial charge in [0.05, 0.1) is 34.2 Å². The van der Waals surface area contributed by atoms with Crippen LogP contribution in [0.1, 0.15) is 38.1 Å². The zero-order valence-corrected chi connectivity index (χ0v) is 23.3. The van der Waals surface area contributed by atoms with Crippen molar-refractivity contribution in [2.45, 2.75) is 33.4 Å². The smallest absolute Gasteiger partial charge is 0.253 e. The van der Waals surface area contributed by atoms with Gasteiger partial charge in [-0.15, -0.1) is 0 Å². The second-order valence-corrected chi connectivity index (χ2v) is 12.0. The van der Waals surface area contributed by atoms with Gasteiger partial charge >= 0.3 is 0 Å². The van der Waals surface area contributed by atoms with Gasteiger partial charge in [-0.05, 0) is 55.3 Å². The predicted molar refractivity (Wildman–Crippen MR) is 154 cm³/mol. The molecule has 0 saturated heterocycles. The van der Waals surface area contributed by atoms with Gasteiger partial charge in [-0.2, -0.15) is 0 Å². The summed E-state index contributed by atoms with van der Waals surface area (Å²) in [6.45, 7) is 6.43. The van der Waals surface area contributed by atoms with Crippen LogP contribution in [0.5, 0.6) is 5.75 Å². The number of halogens is 1. The summed E-state index contributed by atoms with van der Waals surface area (Å²) in [6, 6.07) is 17.6. The van der Waals surface area contributed by atoms with E-state index in [-0.39, 0.29) is 24.1 Å². The Morgan fingerprint density at radius 1 is 1.08 bits per heavy atom. The molecule has 2 aromatic carbocycles. The molecular weight excluding hydrogens is 524 g/mol. The highest BCUT2D eigenvalue weighted by atomic mass is 35.5. The zero-order valence-electron chi connectivity index (χ0n) is 21.7. The maximum Gasteiger partial charge on any atom is 0.253 e. The molecule has 1 atom stereocenters. The Morgan fingerprint density at radius 3 is 2.55 bits per heavy atom.